The Morgan fingerprint density at radius 2 is 1.77 bits per heavy atom. The number of nitrogens with one attached hydrogen (secondary N) is 1. The fourth-order valence-corrected chi connectivity index (χ4v) is 4.82. The Morgan fingerprint density at radius 3 is 2.49 bits per heavy atom. The third kappa shape index (κ3) is 4.64. The van der Waals surface area contributed by atoms with Crippen LogP contribution >= 0.6 is 0 Å². The second kappa shape index (κ2) is 9.87. The van der Waals surface area contributed by atoms with Gasteiger partial charge < -0.3 is 14.5 Å². The summed E-state index contributed by atoms with van der Waals surface area (Å²) in [4.78, 5) is 18.8. The molecular formula is C26H30N6O3. The van der Waals surface area contributed by atoms with Crippen LogP contribution in [0.15, 0.2) is 53.3 Å². The van der Waals surface area contributed by atoms with E-state index in [1.807, 2.05) is 42.5 Å². The maximum Gasteiger partial charge on any atom is 0.253 e. The zero-order valence-electron chi connectivity index (χ0n) is 20.3. The van der Waals surface area contributed by atoms with Gasteiger partial charge in [0.1, 0.15) is 6.04 Å². The van der Waals surface area contributed by atoms with Crippen molar-refractivity contribution < 1.29 is 9.47 Å². The number of pyridine rings is 1. The van der Waals surface area contributed by atoms with Crippen molar-refractivity contribution in [2.75, 3.05) is 27.3 Å². The first-order chi connectivity index (χ1) is 17.1. The van der Waals surface area contributed by atoms with E-state index in [9.17, 15) is 4.79 Å². The number of aromatic amines is 1. The van der Waals surface area contributed by atoms with Gasteiger partial charge in [0.25, 0.3) is 5.56 Å². The van der Waals surface area contributed by atoms with E-state index in [4.69, 9.17) is 9.47 Å². The largest absolute Gasteiger partial charge is 0.493 e. The summed E-state index contributed by atoms with van der Waals surface area (Å²) in [5.74, 6) is 2.49. The smallest absolute Gasteiger partial charge is 0.253 e. The summed E-state index contributed by atoms with van der Waals surface area (Å²) in [5.41, 5.74) is 2.23. The normalized spacial score (nSPS) is 15.9. The highest BCUT2D eigenvalue weighted by atomic mass is 16.5. The van der Waals surface area contributed by atoms with E-state index in [-0.39, 0.29) is 11.6 Å². The number of piperidine rings is 1. The number of hydrogen-bond donors (Lipinski definition) is 1. The molecule has 0 aliphatic carbocycles. The van der Waals surface area contributed by atoms with Gasteiger partial charge in [-0.2, -0.15) is 0 Å². The Kier molecular flexibility index (Phi) is 6.50. The van der Waals surface area contributed by atoms with Gasteiger partial charge in [-0.25, -0.2) is 4.68 Å². The Bertz CT molecular complexity index is 1360. The molecule has 2 aromatic heterocycles. The fourth-order valence-electron chi connectivity index (χ4n) is 4.82. The maximum atomic E-state index is 13.5. The van der Waals surface area contributed by atoms with E-state index in [2.05, 4.69) is 32.3 Å². The molecular weight excluding hydrogens is 444 g/mol. The number of tetrazole rings is 1. The third-order valence-electron chi connectivity index (χ3n) is 6.83. The van der Waals surface area contributed by atoms with Crippen LogP contribution < -0.4 is 15.0 Å². The molecule has 9 heteroatoms. The lowest BCUT2D eigenvalue weighted by Gasteiger charge is -2.35. The van der Waals surface area contributed by atoms with Crippen molar-refractivity contribution in [1.82, 2.24) is 30.1 Å². The summed E-state index contributed by atoms with van der Waals surface area (Å²) in [6.07, 6.45) is 2.13. The highest BCUT2D eigenvalue weighted by molar-refractivity contribution is 5.83. The van der Waals surface area contributed by atoms with Crippen molar-refractivity contribution in [2.24, 2.45) is 5.92 Å². The summed E-state index contributed by atoms with van der Waals surface area (Å²) in [6.45, 7) is 4.54. The highest BCUT2D eigenvalue weighted by Crippen LogP contribution is 2.34. The van der Waals surface area contributed by atoms with Crippen LogP contribution in [0, 0.1) is 5.92 Å². The lowest BCUT2D eigenvalue weighted by atomic mass is 9.95. The van der Waals surface area contributed by atoms with Crippen LogP contribution in [-0.2, 0) is 6.54 Å². The molecule has 0 bridgehead atoms. The number of ether oxygens (including phenoxy) is 2. The molecule has 0 saturated carbocycles. The van der Waals surface area contributed by atoms with Gasteiger partial charge in [-0.05, 0) is 60.0 Å². The lowest BCUT2D eigenvalue weighted by molar-refractivity contribution is 0.149. The zero-order chi connectivity index (χ0) is 24.4. The number of methoxy groups -OCH3 is 2. The van der Waals surface area contributed by atoms with Crippen LogP contribution in [0.2, 0.25) is 0 Å². The topological polar surface area (TPSA) is 98.2 Å². The van der Waals surface area contributed by atoms with E-state index < -0.39 is 0 Å². The molecule has 1 N–H and O–H groups in total. The molecule has 1 fully saturated rings. The van der Waals surface area contributed by atoms with Crippen molar-refractivity contribution in [2.45, 2.75) is 32.4 Å². The van der Waals surface area contributed by atoms with Gasteiger partial charge in [0, 0.05) is 17.0 Å². The van der Waals surface area contributed by atoms with Crippen molar-refractivity contribution in [3.63, 3.8) is 0 Å². The van der Waals surface area contributed by atoms with Crippen molar-refractivity contribution in [3.8, 4) is 11.5 Å². The minimum atomic E-state index is -0.373. The lowest BCUT2D eigenvalue weighted by Crippen LogP contribution is -2.40. The first kappa shape index (κ1) is 23.0. The number of H-pyrrole nitrogens is 1. The SMILES string of the molecule is COc1cc2cc(C(c3nnnn3Cc3ccccc3)N3CCC(C)CC3)c(=O)[nH]c2cc1OC. The van der Waals surface area contributed by atoms with Gasteiger partial charge in [0.05, 0.1) is 26.3 Å². The number of nitrogens with zero attached hydrogens (tertiary/aromatic N) is 5. The predicted octanol–water partition coefficient (Wildman–Crippen LogP) is 3.40. The molecule has 5 rings (SSSR count). The quantitative estimate of drug-likeness (QED) is 0.438. The minimum absolute atomic E-state index is 0.164. The molecule has 9 nitrogen and oxygen atoms in total. The van der Waals surface area contributed by atoms with Crippen LogP contribution in [0.4, 0.5) is 0 Å². The number of likely N-dealkylation sites (tertiary alicyclic amines) is 1. The van der Waals surface area contributed by atoms with E-state index in [1.165, 1.54) is 0 Å². The van der Waals surface area contributed by atoms with Gasteiger partial charge in [-0.1, -0.05) is 37.3 Å². The monoisotopic (exact) mass is 474 g/mol. The van der Waals surface area contributed by atoms with Crippen LogP contribution in [0.3, 0.4) is 0 Å². The predicted molar refractivity (Wildman–Crippen MR) is 133 cm³/mol. The summed E-state index contributed by atoms with van der Waals surface area (Å²) >= 11 is 0. The molecule has 1 aliphatic heterocycles. The molecule has 1 unspecified atom stereocenters. The average molecular weight is 475 g/mol. The number of benzene rings is 2. The summed E-state index contributed by atoms with van der Waals surface area (Å²) in [5, 5.41) is 13.6. The molecule has 2 aromatic carbocycles. The molecule has 3 heterocycles. The van der Waals surface area contributed by atoms with E-state index in [0.717, 1.165) is 36.9 Å². The summed E-state index contributed by atoms with van der Waals surface area (Å²) in [6, 6.07) is 15.3. The van der Waals surface area contributed by atoms with Crippen molar-refractivity contribution in [1.29, 1.82) is 0 Å². The molecule has 4 aromatic rings. The second-order valence-corrected chi connectivity index (χ2v) is 9.15. The summed E-state index contributed by atoms with van der Waals surface area (Å²) in [7, 11) is 3.18. The zero-order valence-corrected chi connectivity index (χ0v) is 20.3. The molecule has 1 saturated heterocycles. The first-order valence-corrected chi connectivity index (χ1v) is 11.9. The van der Waals surface area contributed by atoms with E-state index in [0.29, 0.717) is 40.9 Å². The highest BCUT2D eigenvalue weighted by Gasteiger charge is 2.32. The Morgan fingerprint density at radius 1 is 1.06 bits per heavy atom. The third-order valence-corrected chi connectivity index (χ3v) is 6.83. The van der Waals surface area contributed by atoms with Crippen molar-refractivity contribution in [3.05, 3.63) is 75.8 Å². The molecule has 0 spiro atoms. The minimum Gasteiger partial charge on any atom is -0.493 e. The molecule has 0 amide bonds. The van der Waals surface area contributed by atoms with Gasteiger partial charge >= 0.3 is 0 Å². The molecule has 182 valence electrons. The molecule has 0 radical (unpaired) electrons. The second-order valence-electron chi connectivity index (χ2n) is 9.15. The first-order valence-electron chi connectivity index (χ1n) is 11.9. The van der Waals surface area contributed by atoms with E-state index in [1.54, 1.807) is 25.0 Å². The standard InChI is InChI=1S/C26H30N6O3/c1-17-9-11-31(12-10-17)24(25-28-29-30-32(25)16-18-7-5-4-6-8-18)20-13-19-14-22(34-2)23(35-3)15-21(19)27-26(20)33/h4-8,13-15,17,24H,9-12,16H2,1-3H3,(H,27,33). The van der Waals surface area contributed by atoms with Crippen LogP contribution in [0.1, 0.15) is 42.8 Å². The van der Waals surface area contributed by atoms with Crippen molar-refractivity contribution >= 4 is 10.9 Å². The van der Waals surface area contributed by atoms with E-state index >= 15 is 0 Å². The number of aromatic nitrogens is 5. The maximum absolute atomic E-state index is 13.5. The van der Waals surface area contributed by atoms with Crippen LogP contribution in [0.5, 0.6) is 11.5 Å². The van der Waals surface area contributed by atoms with Gasteiger partial charge in [0.15, 0.2) is 17.3 Å². The molecule has 1 aliphatic rings. The Hall–Kier alpha value is -3.72. The van der Waals surface area contributed by atoms with Crippen LogP contribution in [-0.4, -0.2) is 57.4 Å². The number of hydrogen-bond acceptors (Lipinski definition) is 7. The number of fused-ring (bicyclic) bond motifs is 1. The average Bonchev–Trinajstić information content (AvgIpc) is 3.33. The summed E-state index contributed by atoms with van der Waals surface area (Å²) < 4.78 is 12.7. The molecule has 1 atom stereocenters. The number of rotatable bonds is 7. The van der Waals surface area contributed by atoms with Gasteiger partial charge in [-0.15, -0.1) is 5.10 Å². The van der Waals surface area contributed by atoms with Crippen LogP contribution in [0.25, 0.3) is 10.9 Å². The fraction of sp³-hybridized carbons (Fsp3) is 0.385. The van der Waals surface area contributed by atoms with Gasteiger partial charge in [0.2, 0.25) is 0 Å². The Balaban J connectivity index is 1.63. The van der Waals surface area contributed by atoms with Gasteiger partial charge in [-0.3, -0.25) is 9.69 Å². The Labute approximate surface area is 203 Å². The molecule has 35 heavy (non-hydrogen) atoms.